The molecule has 0 aliphatic rings. The average Bonchev–Trinajstić information content (AvgIpc) is 2.96. The molecule has 0 spiro atoms. The van der Waals surface area contributed by atoms with Crippen molar-refractivity contribution in [1.29, 1.82) is 0 Å². The monoisotopic (exact) mass is 324 g/mol. The molecule has 0 aliphatic heterocycles. The van der Waals surface area contributed by atoms with Crippen LogP contribution in [0.2, 0.25) is 10.0 Å². The number of aromatic nitrogens is 3. The molecule has 0 bridgehead atoms. The second-order valence-electron chi connectivity index (χ2n) is 4.30. The normalized spacial score (nSPS) is 11.0. The Kier molecular flexibility index (Phi) is 5.78. The molecule has 7 heteroatoms. The topological polar surface area (TPSA) is 70.7 Å². The number of benzene rings is 1. The zero-order valence-corrected chi connectivity index (χ0v) is 12.7. The molecule has 2 rings (SSSR count). The van der Waals surface area contributed by atoms with Crippen molar-refractivity contribution in [3.63, 3.8) is 0 Å². The Morgan fingerprint density at radius 3 is 2.76 bits per heavy atom. The van der Waals surface area contributed by atoms with Gasteiger partial charge in [-0.1, -0.05) is 29.3 Å². The number of nitrogens with one attached hydrogen (secondary N) is 2. The van der Waals surface area contributed by atoms with Crippen LogP contribution in [0.5, 0.6) is 0 Å². The minimum Gasteiger partial charge on any atom is -0.353 e. The van der Waals surface area contributed by atoms with E-state index in [9.17, 15) is 4.79 Å². The minimum absolute atomic E-state index is 0.191. The molecule has 0 aliphatic carbocycles. The fourth-order valence-corrected chi connectivity index (χ4v) is 2.23. The number of H-pyrrole nitrogens is 1. The predicted molar refractivity (Wildman–Crippen MR) is 83.2 cm³/mol. The van der Waals surface area contributed by atoms with Gasteiger partial charge in [0.15, 0.2) is 0 Å². The fraction of sp³-hybridized carbons (Fsp3) is 0.214. The molecule has 2 aromatic rings. The number of carbonyl (C=O) groups is 1. The summed E-state index contributed by atoms with van der Waals surface area (Å²) in [5.74, 6) is 0.617. The summed E-state index contributed by atoms with van der Waals surface area (Å²) in [5.41, 5.74) is 0.637. The average molecular weight is 325 g/mol. The van der Waals surface area contributed by atoms with Gasteiger partial charge in [0, 0.05) is 34.7 Å². The van der Waals surface area contributed by atoms with Gasteiger partial charge in [-0.05, 0) is 24.6 Å². The van der Waals surface area contributed by atoms with Crippen LogP contribution in [-0.4, -0.2) is 27.6 Å². The number of carbonyl (C=O) groups excluding carboxylic acids is 1. The molecule has 5 nitrogen and oxygen atoms in total. The number of amides is 1. The van der Waals surface area contributed by atoms with Crippen molar-refractivity contribution >= 4 is 35.2 Å². The molecule has 1 amide bonds. The van der Waals surface area contributed by atoms with E-state index in [2.05, 4.69) is 20.5 Å². The van der Waals surface area contributed by atoms with Crippen LogP contribution in [0.4, 0.5) is 0 Å². The molecule has 0 atom stereocenters. The third kappa shape index (κ3) is 4.88. The summed E-state index contributed by atoms with van der Waals surface area (Å²) in [4.78, 5) is 15.7. The van der Waals surface area contributed by atoms with E-state index < -0.39 is 0 Å². The molecule has 1 aromatic carbocycles. The van der Waals surface area contributed by atoms with Crippen LogP contribution in [0.25, 0.3) is 6.08 Å². The number of hydrogen-bond acceptors (Lipinski definition) is 3. The quantitative estimate of drug-likeness (QED) is 0.634. The van der Waals surface area contributed by atoms with Crippen LogP contribution in [-0.2, 0) is 11.2 Å². The van der Waals surface area contributed by atoms with Gasteiger partial charge in [0.05, 0.1) is 0 Å². The number of rotatable bonds is 6. The summed E-state index contributed by atoms with van der Waals surface area (Å²) in [6, 6.07) is 5.20. The Bertz CT molecular complexity index is 606. The van der Waals surface area contributed by atoms with Crippen molar-refractivity contribution in [2.45, 2.75) is 12.8 Å². The van der Waals surface area contributed by atoms with Crippen molar-refractivity contribution in [3.05, 3.63) is 52.0 Å². The number of aryl methyl sites for hydroxylation is 1. The lowest BCUT2D eigenvalue weighted by atomic mass is 10.2. The van der Waals surface area contributed by atoms with E-state index in [1.54, 1.807) is 24.3 Å². The molecule has 0 unspecified atom stereocenters. The summed E-state index contributed by atoms with van der Waals surface area (Å²) in [5, 5.41) is 10.3. The lowest BCUT2D eigenvalue weighted by Gasteiger charge is -2.02. The summed E-state index contributed by atoms with van der Waals surface area (Å²) in [6.07, 6.45) is 6.00. The molecule has 0 saturated heterocycles. The van der Waals surface area contributed by atoms with Gasteiger partial charge in [0.1, 0.15) is 12.2 Å². The third-order valence-electron chi connectivity index (χ3n) is 2.76. The van der Waals surface area contributed by atoms with Crippen molar-refractivity contribution in [3.8, 4) is 0 Å². The first-order chi connectivity index (χ1) is 10.2. The molecule has 1 heterocycles. The third-order valence-corrected chi connectivity index (χ3v) is 3.41. The van der Waals surface area contributed by atoms with Gasteiger partial charge in [-0.3, -0.25) is 9.89 Å². The lowest BCUT2D eigenvalue weighted by molar-refractivity contribution is -0.116. The first-order valence-electron chi connectivity index (χ1n) is 6.41. The first kappa shape index (κ1) is 15.5. The number of halogens is 2. The SMILES string of the molecule is O=C(C=Cc1c(Cl)cccc1Cl)NCCCc1ncn[nH]1. The van der Waals surface area contributed by atoms with E-state index in [1.807, 2.05) is 0 Å². The Morgan fingerprint density at radius 1 is 1.33 bits per heavy atom. The highest BCUT2D eigenvalue weighted by molar-refractivity contribution is 6.37. The second kappa shape index (κ2) is 7.81. The molecule has 0 fully saturated rings. The van der Waals surface area contributed by atoms with Crippen molar-refractivity contribution in [2.75, 3.05) is 6.54 Å². The number of hydrogen-bond donors (Lipinski definition) is 2. The zero-order chi connectivity index (χ0) is 15.1. The van der Waals surface area contributed by atoms with Crippen LogP contribution in [0.1, 0.15) is 17.8 Å². The van der Waals surface area contributed by atoms with Gasteiger partial charge < -0.3 is 5.32 Å². The maximum absolute atomic E-state index is 11.7. The van der Waals surface area contributed by atoms with Crippen molar-refractivity contribution < 1.29 is 4.79 Å². The zero-order valence-electron chi connectivity index (χ0n) is 11.1. The van der Waals surface area contributed by atoms with Crippen LogP contribution >= 0.6 is 23.2 Å². The molecular weight excluding hydrogens is 311 g/mol. The van der Waals surface area contributed by atoms with Gasteiger partial charge >= 0.3 is 0 Å². The van der Waals surface area contributed by atoms with Gasteiger partial charge in [0.2, 0.25) is 5.91 Å². The molecular formula is C14H14Cl2N4O. The highest BCUT2D eigenvalue weighted by Gasteiger charge is 2.02. The fourth-order valence-electron chi connectivity index (χ4n) is 1.71. The predicted octanol–water partition coefficient (Wildman–Crippen LogP) is 2.87. The summed E-state index contributed by atoms with van der Waals surface area (Å²) in [6.45, 7) is 0.556. The van der Waals surface area contributed by atoms with E-state index in [-0.39, 0.29) is 5.91 Å². The van der Waals surface area contributed by atoms with E-state index in [4.69, 9.17) is 23.2 Å². The molecule has 21 heavy (non-hydrogen) atoms. The Hall–Kier alpha value is -1.85. The Balaban J connectivity index is 1.77. The van der Waals surface area contributed by atoms with Crippen LogP contribution in [0.3, 0.4) is 0 Å². The van der Waals surface area contributed by atoms with Gasteiger partial charge in [-0.15, -0.1) is 0 Å². The molecule has 0 saturated carbocycles. The highest BCUT2D eigenvalue weighted by atomic mass is 35.5. The molecule has 1 aromatic heterocycles. The number of aromatic amines is 1. The van der Waals surface area contributed by atoms with E-state index in [0.717, 1.165) is 18.7 Å². The van der Waals surface area contributed by atoms with Crippen LogP contribution in [0.15, 0.2) is 30.6 Å². The first-order valence-corrected chi connectivity index (χ1v) is 7.16. The second-order valence-corrected chi connectivity index (χ2v) is 5.11. The summed E-state index contributed by atoms with van der Waals surface area (Å²) < 4.78 is 0. The standard InChI is InChI=1S/C14H14Cl2N4O/c15-11-3-1-4-12(16)10(11)6-7-14(21)17-8-2-5-13-18-9-19-20-13/h1,3-4,6-7,9H,2,5,8H2,(H,17,21)(H,18,19,20). The Morgan fingerprint density at radius 2 is 2.10 bits per heavy atom. The van der Waals surface area contributed by atoms with Crippen molar-refractivity contribution in [2.24, 2.45) is 0 Å². The summed E-state index contributed by atoms with van der Waals surface area (Å²) >= 11 is 12.0. The summed E-state index contributed by atoms with van der Waals surface area (Å²) in [7, 11) is 0. The van der Waals surface area contributed by atoms with E-state index >= 15 is 0 Å². The van der Waals surface area contributed by atoms with Gasteiger partial charge in [0.25, 0.3) is 0 Å². The van der Waals surface area contributed by atoms with E-state index in [1.165, 1.54) is 12.4 Å². The molecule has 2 N–H and O–H groups in total. The Labute approximate surface area is 132 Å². The van der Waals surface area contributed by atoms with Crippen LogP contribution < -0.4 is 5.32 Å². The number of nitrogens with zero attached hydrogens (tertiary/aromatic N) is 2. The molecule has 110 valence electrons. The van der Waals surface area contributed by atoms with E-state index in [0.29, 0.717) is 22.2 Å². The van der Waals surface area contributed by atoms with Gasteiger partial charge in [-0.2, -0.15) is 5.10 Å². The van der Waals surface area contributed by atoms with Crippen molar-refractivity contribution in [1.82, 2.24) is 20.5 Å². The van der Waals surface area contributed by atoms with Crippen LogP contribution in [0, 0.1) is 0 Å². The van der Waals surface area contributed by atoms with Gasteiger partial charge in [-0.25, -0.2) is 4.98 Å². The lowest BCUT2D eigenvalue weighted by Crippen LogP contribution is -2.22. The highest BCUT2D eigenvalue weighted by Crippen LogP contribution is 2.25. The smallest absolute Gasteiger partial charge is 0.244 e. The molecule has 0 radical (unpaired) electrons. The largest absolute Gasteiger partial charge is 0.353 e. The minimum atomic E-state index is -0.191. The maximum Gasteiger partial charge on any atom is 0.244 e. The maximum atomic E-state index is 11.7.